The van der Waals surface area contributed by atoms with Gasteiger partial charge in [0, 0.05) is 26.2 Å². The molecule has 0 aliphatic carbocycles. The van der Waals surface area contributed by atoms with Crippen LogP contribution < -0.4 is 5.32 Å². The monoisotopic (exact) mass is 259 g/mol. The third kappa shape index (κ3) is 3.81. The minimum absolute atomic E-state index is 0.106. The number of nitriles is 1. The highest BCUT2D eigenvalue weighted by atomic mass is 16.2. The second-order valence-corrected chi connectivity index (χ2v) is 4.39. The summed E-state index contributed by atoms with van der Waals surface area (Å²) in [7, 11) is 3.21. The molecule has 5 heteroatoms. The molecular formula is C14H17N3O2. The zero-order valence-electron chi connectivity index (χ0n) is 11.3. The number of carbonyl (C=O) groups is 2. The highest BCUT2D eigenvalue weighted by Gasteiger charge is 2.18. The van der Waals surface area contributed by atoms with Crippen LogP contribution in [0.3, 0.4) is 0 Å². The molecule has 2 amide bonds. The van der Waals surface area contributed by atoms with E-state index in [0.29, 0.717) is 17.7 Å². The van der Waals surface area contributed by atoms with Gasteiger partial charge in [0.05, 0.1) is 17.6 Å². The van der Waals surface area contributed by atoms with Crippen LogP contribution in [0.4, 0.5) is 0 Å². The summed E-state index contributed by atoms with van der Waals surface area (Å²) >= 11 is 0. The Balaban J connectivity index is 2.77. The van der Waals surface area contributed by atoms with Gasteiger partial charge in [-0.25, -0.2) is 0 Å². The Morgan fingerprint density at radius 3 is 2.74 bits per heavy atom. The summed E-state index contributed by atoms with van der Waals surface area (Å²) < 4.78 is 0. The van der Waals surface area contributed by atoms with Gasteiger partial charge in [0.25, 0.3) is 5.91 Å². The van der Waals surface area contributed by atoms with Crippen molar-refractivity contribution in [3.05, 3.63) is 35.4 Å². The summed E-state index contributed by atoms with van der Waals surface area (Å²) in [6.45, 7) is 2.09. The molecule has 5 nitrogen and oxygen atoms in total. The molecule has 0 spiro atoms. The van der Waals surface area contributed by atoms with Gasteiger partial charge in [0.15, 0.2) is 0 Å². The third-order valence-electron chi connectivity index (χ3n) is 2.83. The van der Waals surface area contributed by atoms with Crippen molar-refractivity contribution in [1.82, 2.24) is 10.2 Å². The number of benzene rings is 1. The molecule has 0 aliphatic heterocycles. The Morgan fingerprint density at radius 2 is 2.16 bits per heavy atom. The van der Waals surface area contributed by atoms with E-state index in [2.05, 4.69) is 5.32 Å². The Kier molecular flexibility index (Phi) is 5.07. The Morgan fingerprint density at radius 1 is 1.47 bits per heavy atom. The lowest BCUT2D eigenvalue weighted by Crippen LogP contribution is -2.37. The fourth-order valence-electron chi connectivity index (χ4n) is 1.77. The van der Waals surface area contributed by atoms with Crippen molar-refractivity contribution in [3.63, 3.8) is 0 Å². The lowest BCUT2D eigenvalue weighted by molar-refractivity contribution is -0.124. The van der Waals surface area contributed by atoms with Crippen molar-refractivity contribution in [1.29, 1.82) is 5.26 Å². The average Bonchev–Trinajstić information content (AvgIpc) is 2.45. The van der Waals surface area contributed by atoms with E-state index in [9.17, 15) is 9.59 Å². The van der Waals surface area contributed by atoms with Crippen LogP contribution in [0.5, 0.6) is 0 Å². The fraction of sp³-hybridized carbons (Fsp3) is 0.357. The summed E-state index contributed by atoms with van der Waals surface area (Å²) in [5.41, 5.74) is 0.893. The maximum atomic E-state index is 12.1. The number of carbonyl (C=O) groups excluding carboxylic acids is 2. The molecule has 1 unspecified atom stereocenters. The van der Waals surface area contributed by atoms with Crippen LogP contribution in [0.1, 0.15) is 22.8 Å². The molecular weight excluding hydrogens is 242 g/mol. The zero-order valence-corrected chi connectivity index (χ0v) is 11.3. The van der Waals surface area contributed by atoms with Crippen LogP contribution in [-0.2, 0) is 4.79 Å². The molecule has 0 saturated heterocycles. The van der Waals surface area contributed by atoms with E-state index in [1.165, 1.54) is 4.90 Å². The second-order valence-electron chi connectivity index (χ2n) is 4.39. The number of hydrogen-bond acceptors (Lipinski definition) is 3. The Hall–Kier alpha value is -2.35. The van der Waals surface area contributed by atoms with Crippen molar-refractivity contribution in [2.45, 2.75) is 6.92 Å². The maximum Gasteiger partial charge on any atom is 0.253 e. The second kappa shape index (κ2) is 6.55. The standard InChI is InChI=1S/C14H17N3O2/c1-10(13(18)16-2)9-17(3)14(19)12-6-4-5-11(7-12)8-15/h4-7,10H,9H2,1-3H3,(H,16,18). The van der Waals surface area contributed by atoms with Gasteiger partial charge in [-0.1, -0.05) is 13.0 Å². The SMILES string of the molecule is CNC(=O)C(C)CN(C)C(=O)c1cccc(C#N)c1. The van der Waals surface area contributed by atoms with Gasteiger partial charge in [-0.05, 0) is 18.2 Å². The van der Waals surface area contributed by atoms with Crippen LogP contribution in [-0.4, -0.2) is 37.4 Å². The van der Waals surface area contributed by atoms with Gasteiger partial charge in [0.2, 0.25) is 5.91 Å². The molecule has 0 radical (unpaired) electrons. The summed E-state index contributed by atoms with van der Waals surface area (Å²) in [6, 6.07) is 8.51. The first-order valence-electron chi connectivity index (χ1n) is 5.96. The van der Waals surface area contributed by atoms with Crippen molar-refractivity contribution in [2.24, 2.45) is 5.92 Å². The van der Waals surface area contributed by atoms with Crippen molar-refractivity contribution < 1.29 is 9.59 Å². The smallest absolute Gasteiger partial charge is 0.253 e. The van der Waals surface area contributed by atoms with Gasteiger partial charge < -0.3 is 10.2 Å². The topological polar surface area (TPSA) is 73.2 Å². The van der Waals surface area contributed by atoms with Crippen molar-refractivity contribution >= 4 is 11.8 Å². The first-order chi connectivity index (χ1) is 8.99. The minimum Gasteiger partial charge on any atom is -0.359 e. The summed E-state index contributed by atoms with van der Waals surface area (Å²) in [4.78, 5) is 25.0. The number of rotatable bonds is 4. The largest absolute Gasteiger partial charge is 0.359 e. The predicted octanol–water partition coefficient (Wildman–Crippen LogP) is 1.01. The highest BCUT2D eigenvalue weighted by molar-refractivity contribution is 5.94. The van der Waals surface area contributed by atoms with Crippen molar-refractivity contribution in [2.75, 3.05) is 20.6 Å². The van der Waals surface area contributed by atoms with Gasteiger partial charge in [-0.2, -0.15) is 5.26 Å². The molecule has 100 valence electrons. The molecule has 0 fully saturated rings. The van der Waals surface area contributed by atoms with Crippen LogP contribution >= 0.6 is 0 Å². The van der Waals surface area contributed by atoms with Crippen LogP contribution in [0.15, 0.2) is 24.3 Å². The molecule has 1 aromatic rings. The molecule has 1 atom stereocenters. The highest BCUT2D eigenvalue weighted by Crippen LogP contribution is 2.08. The third-order valence-corrected chi connectivity index (χ3v) is 2.83. The van der Waals surface area contributed by atoms with E-state index in [1.54, 1.807) is 45.3 Å². The van der Waals surface area contributed by atoms with E-state index in [0.717, 1.165) is 0 Å². The van der Waals surface area contributed by atoms with E-state index in [-0.39, 0.29) is 17.7 Å². The summed E-state index contributed by atoms with van der Waals surface area (Å²) in [5, 5.41) is 11.4. The van der Waals surface area contributed by atoms with E-state index >= 15 is 0 Å². The molecule has 19 heavy (non-hydrogen) atoms. The molecule has 0 bridgehead atoms. The van der Waals surface area contributed by atoms with Crippen molar-refractivity contribution in [3.8, 4) is 6.07 Å². The van der Waals surface area contributed by atoms with E-state index in [4.69, 9.17) is 5.26 Å². The van der Waals surface area contributed by atoms with Gasteiger partial charge >= 0.3 is 0 Å². The fourth-order valence-corrected chi connectivity index (χ4v) is 1.77. The van der Waals surface area contributed by atoms with Crippen LogP contribution in [0.2, 0.25) is 0 Å². The lowest BCUT2D eigenvalue weighted by Gasteiger charge is -2.20. The van der Waals surface area contributed by atoms with E-state index < -0.39 is 0 Å². The first kappa shape index (κ1) is 14.7. The summed E-state index contributed by atoms with van der Waals surface area (Å²) in [5.74, 6) is -0.587. The maximum absolute atomic E-state index is 12.1. The Bertz CT molecular complexity index is 520. The van der Waals surface area contributed by atoms with Gasteiger partial charge in [-0.15, -0.1) is 0 Å². The zero-order chi connectivity index (χ0) is 14.4. The molecule has 1 aromatic carbocycles. The quantitative estimate of drug-likeness (QED) is 0.877. The number of hydrogen-bond donors (Lipinski definition) is 1. The summed E-state index contributed by atoms with van der Waals surface area (Å²) in [6.07, 6.45) is 0. The number of nitrogens with one attached hydrogen (secondary N) is 1. The van der Waals surface area contributed by atoms with Gasteiger partial charge in [-0.3, -0.25) is 9.59 Å². The molecule has 1 rings (SSSR count). The molecule has 0 aliphatic rings. The van der Waals surface area contributed by atoms with Crippen LogP contribution in [0, 0.1) is 17.2 Å². The normalized spacial score (nSPS) is 11.3. The predicted molar refractivity (Wildman–Crippen MR) is 71.3 cm³/mol. The molecule has 0 heterocycles. The minimum atomic E-state index is -0.280. The van der Waals surface area contributed by atoms with Gasteiger partial charge in [0.1, 0.15) is 0 Å². The Labute approximate surface area is 112 Å². The lowest BCUT2D eigenvalue weighted by atomic mass is 10.1. The van der Waals surface area contributed by atoms with E-state index in [1.807, 2.05) is 6.07 Å². The molecule has 0 saturated carbocycles. The molecule has 0 aromatic heterocycles. The average molecular weight is 259 g/mol. The van der Waals surface area contributed by atoms with Crippen LogP contribution in [0.25, 0.3) is 0 Å². The number of nitrogens with zero attached hydrogens (tertiary/aromatic N) is 2. The number of amides is 2. The molecule has 1 N–H and O–H groups in total. The first-order valence-corrected chi connectivity index (χ1v) is 5.96.